The minimum absolute atomic E-state index is 0.135. The van der Waals surface area contributed by atoms with Gasteiger partial charge < -0.3 is 11.1 Å². The first-order valence-corrected chi connectivity index (χ1v) is 6.30. The zero-order valence-electron chi connectivity index (χ0n) is 11.4. The molecule has 1 aromatic heterocycles. The molecule has 0 unspecified atom stereocenters. The van der Waals surface area contributed by atoms with Crippen LogP contribution in [0, 0.1) is 0 Å². The number of aromatic nitrogens is 2. The van der Waals surface area contributed by atoms with Gasteiger partial charge in [-0.05, 0) is 37.3 Å². The highest BCUT2D eigenvalue weighted by atomic mass is 16.2. The van der Waals surface area contributed by atoms with Crippen molar-refractivity contribution in [3.8, 4) is 0 Å². The number of aryl methyl sites for hydroxylation is 1. The van der Waals surface area contributed by atoms with E-state index in [-0.39, 0.29) is 11.3 Å². The van der Waals surface area contributed by atoms with E-state index in [0.717, 1.165) is 0 Å². The van der Waals surface area contributed by atoms with E-state index in [4.69, 9.17) is 5.73 Å². The van der Waals surface area contributed by atoms with Crippen LogP contribution in [-0.2, 0) is 6.54 Å². The van der Waals surface area contributed by atoms with E-state index in [1.54, 1.807) is 19.1 Å². The van der Waals surface area contributed by atoms with Gasteiger partial charge in [0.05, 0.1) is 0 Å². The van der Waals surface area contributed by atoms with Crippen molar-refractivity contribution in [3.63, 3.8) is 0 Å². The second-order valence-corrected chi connectivity index (χ2v) is 4.27. The quantitative estimate of drug-likeness (QED) is 0.858. The third kappa shape index (κ3) is 3.33. The second-order valence-electron chi connectivity index (χ2n) is 4.27. The number of benzene rings is 1. The molecule has 2 aromatic rings. The van der Waals surface area contributed by atoms with Crippen molar-refractivity contribution < 1.29 is 9.59 Å². The van der Waals surface area contributed by atoms with Gasteiger partial charge in [-0.25, -0.2) is 4.68 Å². The van der Waals surface area contributed by atoms with Crippen molar-refractivity contribution in [1.82, 2.24) is 9.78 Å². The number of nitrogens with zero attached hydrogens (tertiary/aromatic N) is 2. The average molecular weight is 286 g/mol. The largest absolute Gasteiger partial charge is 0.366 e. The highest BCUT2D eigenvalue weighted by Gasteiger charge is 2.10. The first-order valence-electron chi connectivity index (χ1n) is 6.30. The van der Waals surface area contributed by atoms with E-state index in [0.29, 0.717) is 17.8 Å². The Morgan fingerprint density at radius 1 is 1.19 bits per heavy atom. The number of nitrogens with two attached hydrogens (primary N) is 1. The molecule has 7 heteroatoms. The van der Waals surface area contributed by atoms with Crippen molar-refractivity contribution in [1.29, 1.82) is 0 Å². The summed E-state index contributed by atoms with van der Waals surface area (Å²) in [7, 11) is 0. The number of amides is 2. The van der Waals surface area contributed by atoms with Crippen LogP contribution in [0.25, 0.3) is 0 Å². The lowest BCUT2D eigenvalue weighted by atomic mass is 10.2. The number of carbonyl (C=O) groups excluding carboxylic acids is 2. The molecule has 0 saturated carbocycles. The molecule has 7 nitrogen and oxygen atoms in total. The fourth-order valence-corrected chi connectivity index (χ4v) is 1.71. The lowest BCUT2D eigenvalue weighted by Gasteiger charge is -2.06. The van der Waals surface area contributed by atoms with Crippen LogP contribution in [0.15, 0.2) is 41.2 Å². The molecular weight excluding hydrogens is 272 g/mol. The Morgan fingerprint density at radius 2 is 1.86 bits per heavy atom. The topological polar surface area (TPSA) is 107 Å². The van der Waals surface area contributed by atoms with Gasteiger partial charge in [-0.15, -0.1) is 0 Å². The summed E-state index contributed by atoms with van der Waals surface area (Å²) in [5, 5.41) is 6.58. The van der Waals surface area contributed by atoms with Crippen molar-refractivity contribution in [2.75, 3.05) is 5.32 Å². The molecule has 0 radical (unpaired) electrons. The van der Waals surface area contributed by atoms with E-state index < -0.39 is 11.8 Å². The Balaban J connectivity index is 2.17. The number of anilines is 1. The van der Waals surface area contributed by atoms with Crippen LogP contribution in [0.5, 0.6) is 0 Å². The van der Waals surface area contributed by atoms with Crippen LogP contribution in [0.2, 0.25) is 0 Å². The number of hydrogen-bond donors (Lipinski definition) is 2. The van der Waals surface area contributed by atoms with Crippen molar-refractivity contribution in [3.05, 3.63) is 58.0 Å². The van der Waals surface area contributed by atoms with E-state index in [1.165, 1.54) is 28.9 Å². The molecule has 108 valence electrons. The summed E-state index contributed by atoms with van der Waals surface area (Å²) in [5.74, 6) is -0.978. The lowest BCUT2D eigenvalue weighted by molar-refractivity contribution is 0.0997. The molecule has 2 rings (SSSR count). The molecule has 0 aliphatic carbocycles. The molecule has 21 heavy (non-hydrogen) atoms. The molecule has 0 fully saturated rings. The summed E-state index contributed by atoms with van der Waals surface area (Å²) in [6.45, 7) is 2.14. The van der Waals surface area contributed by atoms with Crippen LogP contribution in [0.4, 0.5) is 5.69 Å². The van der Waals surface area contributed by atoms with Crippen molar-refractivity contribution >= 4 is 17.5 Å². The number of hydrogen-bond acceptors (Lipinski definition) is 4. The molecule has 2 amide bonds. The maximum Gasteiger partial charge on any atom is 0.276 e. The molecule has 0 saturated heterocycles. The predicted molar refractivity (Wildman–Crippen MR) is 77.1 cm³/mol. The molecule has 1 aromatic carbocycles. The van der Waals surface area contributed by atoms with Gasteiger partial charge in [0.1, 0.15) is 5.69 Å². The fourth-order valence-electron chi connectivity index (χ4n) is 1.71. The molecule has 1 heterocycles. The van der Waals surface area contributed by atoms with Gasteiger partial charge in [0, 0.05) is 23.9 Å². The summed E-state index contributed by atoms with van der Waals surface area (Å²) >= 11 is 0. The van der Waals surface area contributed by atoms with Crippen LogP contribution < -0.4 is 16.6 Å². The number of rotatable bonds is 4. The summed E-state index contributed by atoms with van der Waals surface area (Å²) in [4.78, 5) is 34.4. The van der Waals surface area contributed by atoms with Gasteiger partial charge in [-0.3, -0.25) is 14.4 Å². The summed E-state index contributed by atoms with van der Waals surface area (Å²) in [6.07, 6.45) is 0. The van der Waals surface area contributed by atoms with E-state index in [2.05, 4.69) is 10.4 Å². The molecule has 0 spiro atoms. The Morgan fingerprint density at radius 3 is 2.43 bits per heavy atom. The Bertz CT molecular complexity index is 735. The van der Waals surface area contributed by atoms with Gasteiger partial charge in [0.25, 0.3) is 11.5 Å². The summed E-state index contributed by atoms with van der Waals surface area (Å²) in [6, 6.07) is 8.81. The number of nitrogens with one attached hydrogen (secondary N) is 1. The molecule has 0 atom stereocenters. The van der Waals surface area contributed by atoms with Crippen LogP contribution in [0.3, 0.4) is 0 Å². The maximum atomic E-state index is 12.0. The van der Waals surface area contributed by atoms with Crippen molar-refractivity contribution in [2.24, 2.45) is 5.73 Å². The molecule has 3 N–H and O–H groups in total. The fraction of sp³-hybridized carbons (Fsp3) is 0.143. The maximum absolute atomic E-state index is 12.0. The zero-order valence-corrected chi connectivity index (χ0v) is 11.4. The monoisotopic (exact) mass is 286 g/mol. The predicted octanol–water partition coefficient (Wildman–Crippen LogP) is 0.614. The van der Waals surface area contributed by atoms with E-state index >= 15 is 0 Å². The third-order valence-corrected chi connectivity index (χ3v) is 2.83. The van der Waals surface area contributed by atoms with E-state index in [1.807, 2.05) is 0 Å². The lowest BCUT2D eigenvalue weighted by Crippen LogP contribution is -2.25. The minimum atomic E-state index is -0.537. The average Bonchev–Trinajstić information content (AvgIpc) is 2.48. The summed E-state index contributed by atoms with van der Waals surface area (Å²) in [5.41, 5.74) is 5.86. The molecule has 0 aliphatic rings. The normalized spacial score (nSPS) is 10.1. The number of primary amides is 1. The molecular formula is C14H14N4O3. The first kappa shape index (κ1) is 14.4. The minimum Gasteiger partial charge on any atom is -0.366 e. The van der Waals surface area contributed by atoms with Crippen LogP contribution in [0.1, 0.15) is 27.8 Å². The third-order valence-electron chi connectivity index (χ3n) is 2.83. The van der Waals surface area contributed by atoms with Gasteiger partial charge in [0.15, 0.2) is 0 Å². The van der Waals surface area contributed by atoms with E-state index in [9.17, 15) is 14.4 Å². The number of carbonyl (C=O) groups is 2. The standard InChI is InChI=1S/C14H14N4O3/c1-2-18-12(19)8-7-11(17-18)14(21)16-10-5-3-9(4-6-10)13(15)20/h3-8H,2H2,1H3,(H2,15,20)(H,16,21). The Hall–Kier alpha value is -2.96. The van der Waals surface area contributed by atoms with Gasteiger partial charge >= 0.3 is 0 Å². The smallest absolute Gasteiger partial charge is 0.276 e. The molecule has 0 aliphatic heterocycles. The Kier molecular flexibility index (Phi) is 4.13. The van der Waals surface area contributed by atoms with Gasteiger partial charge in [0.2, 0.25) is 5.91 Å². The van der Waals surface area contributed by atoms with Crippen molar-refractivity contribution in [2.45, 2.75) is 13.5 Å². The van der Waals surface area contributed by atoms with Gasteiger partial charge in [-0.2, -0.15) is 5.10 Å². The van der Waals surface area contributed by atoms with Crippen LogP contribution in [-0.4, -0.2) is 21.6 Å². The summed E-state index contributed by atoms with van der Waals surface area (Å²) < 4.78 is 1.20. The highest BCUT2D eigenvalue weighted by Crippen LogP contribution is 2.10. The molecule has 0 bridgehead atoms. The zero-order chi connectivity index (χ0) is 15.4. The Labute approximate surface area is 120 Å². The second kappa shape index (κ2) is 6.00. The van der Waals surface area contributed by atoms with Gasteiger partial charge in [-0.1, -0.05) is 0 Å². The SMILES string of the molecule is CCn1nc(C(=O)Nc2ccc(C(N)=O)cc2)ccc1=O. The first-order chi connectivity index (χ1) is 10.0. The van der Waals surface area contributed by atoms with Crippen LogP contribution >= 0.6 is 0 Å². The highest BCUT2D eigenvalue weighted by molar-refractivity contribution is 6.03.